The van der Waals surface area contributed by atoms with E-state index < -0.39 is 6.04 Å². The topological polar surface area (TPSA) is 81.8 Å². The van der Waals surface area contributed by atoms with E-state index in [9.17, 15) is 14.4 Å². The molecule has 3 saturated heterocycles. The van der Waals surface area contributed by atoms with E-state index in [1.54, 1.807) is 4.90 Å². The van der Waals surface area contributed by atoms with E-state index in [1.807, 2.05) is 12.1 Å². The summed E-state index contributed by atoms with van der Waals surface area (Å²) in [6.45, 7) is 4.60. The fourth-order valence-corrected chi connectivity index (χ4v) is 5.21. The highest BCUT2D eigenvalue weighted by molar-refractivity contribution is 6.05. The summed E-state index contributed by atoms with van der Waals surface area (Å²) in [4.78, 5) is 40.7. The predicted molar refractivity (Wildman–Crippen MR) is 102 cm³/mol. The van der Waals surface area contributed by atoms with Gasteiger partial charge in [0.2, 0.25) is 11.8 Å². The Morgan fingerprint density at radius 3 is 2.64 bits per heavy atom. The highest BCUT2D eigenvalue weighted by Crippen LogP contribution is 2.39. The second kappa shape index (κ2) is 6.67. The lowest BCUT2D eigenvalue weighted by molar-refractivity contribution is -0.136. The van der Waals surface area contributed by atoms with Crippen molar-refractivity contribution in [1.82, 2.24) is 20.4 Å². The Kier molecular flexibility index (Phi) is 4.25. The van der Waals surface area contributed by atoms with Crippen molar-refractivity contribution >= 4 is 17.7 Å². The van der Waals surface area contributed by atoms with E-state index in [-0.39, 0.29) is 24.1 Å². The molecule has 1 atom stereocenters. The summed E-state index contributed by atoms with van der Waals surface area (Å²) in [5, 5.41) is 5.80. The van der Waals surface area contributed by atoms with Crippen molar-refractivity contribution in [3.8, 4) is 0 Å². The number of hydrogen-bond acceptors (Lipinski definition) is 5. The van der Waals surface area contributed by atoms with Crippen LogP contribution in [0.25, 0.3) is 0 Å². The van der Waals surface area contributed by atoms with Gasteiger partial charge < -0.3 is 10.2 Å². The van der Waals surface area contributed by atoms with Crippen LogP contribution in [0.2, 0.25) is 0 Å². The van der Waals surface area contributed by atoms with Crippen LogP contribution in [0.3, 0.4) is 0 Å². The summed E-state index contributed by atoms with van der Waals surface area (Å²) < 4.78 is 0. The molecule has 28 heavy (non-hydrogen) atoms. The average Bonchev–Trinajstić information content (AvgIpc) is 3.02. The first-order chi connectivity index (χ1) is 13.6. The van der Waals surface area contributed by atoms with Crippen molar-refractivity contribution in [2.24, 2.45) is 0 Å². The van der Waals surface area contributed by atoms with Crippen molar-refractivity contribution in [2.75, 3.05) is 19.6 Å². The summed E-state index contributed by atoms with van der Waals surface area (Å²) >= 11 is 0. The molecule has 1 aromatic carbocycles. The number of carbonyl (C=O) groups is 3. The van der Waals surface area contributed by atoms with Gasteiger partial charge >= 0.3 is 0 Å². The Hall–Kier alpha value is -2.25. The summed E-state index contributed by atoms with van der Waals surface area (Å²) in [5.74, 6) is -0.702. The summed E-state index contributed by atoms with van der Waals surface area (Å²) in [7, 11) is 0. The quantitative estimate of drug-likeness (QED) is 0.755. The molecule has 3 amide bonds. The van der Waals surface area contributed by atoms with Crippen LogP contribution < -0.4 is 10.6 Å². The third-order valence-corrected chi connectivity index (χ3v) is 7.02. The molecule has 0 aliphatic carbocycles. The maximum Gasteiger partial charge on any atom is 0.255 e. The fraction of sp³-hybridized carbons (Fsp3) is 0.571. The van der Waals surface area contributed by atoms with Crippen molar-refractivity contribution in [3.05, 3.63) is 34.9 Å². The molecule has 4 heterocycles. The standard InChI is InChI=1S/C21H26N4O3/c26-18-4-3-17(19(27)23-18)25-13-15-2-1-14(11-16(15)20(25)28)12-24-10-7-21(24)5-8-22-9-6-21/h1-2,11,17,22H,3-10,12-13H2,(H,23,26,27). The monoisotopic (exact) mass is 382 g/mol. The number of rotatable bonds is 3. The number of carbonyl (C=O) groups excluding carboxylic acids is 3. The first kappa shape index (κ1) is 17.8. The maximum atomic E-state index is 13.0. The largest absolute Gasteiger partial charge is 0.322 e. The highest BCUT2D eigenvalue weighted by Gasteiger charge is 2.45. The molecule has 0 radical (unpaired) electrons. The van der Waals surface area contributed by atoms with E-state index in [4.69, 9.17) is 0 Å². The van der Waals surface area contributed by atoms with E-state index >= 15 is 0 Å². The molecule has 0 aromatic heterocycles. The summed E-state index contributed by atoms with van der Waals surface area (Å²) in [5.41, 5.74) is 3.18. The number of hydrogen-bond donors (Lipinski definition) is 2. The zero-order chi connectivity index (χ0) is 19.3. The van der Waals surface area contributed by atoms with Crippen LogP contribution in [0.15, 0.2) is 18.2 Å². The van der Waals surface area contributed by atoms with E-state index in [1.165, 1.54) is 19.3 Å². The molecular formula is C21H26N4O3. The van der Waals surface area contributed by atoms with Gasteiger partial charge in [0, 0.05) is 37.2 Å². The average molecular weight is 382 g/mol. The molecule has 1 spiro atoms. The van der Waals surface area contributed by atoms with Gasteiger partial charge in [-0.15, -0.1) is 0 Å². The maximum absolute atomic E-state index is 13.0. The highest BCUT2D eigenvalue weighted by atomic mass is 16.2. The SMILES string of the molecule is O=C1CCC(N2Cc3ccc(CN4CCC45CCNCC5)cc3C2=O)C(=O)N1. The number of fused-ring (bicyclic) bond motifs is 1. The Morgan fingerprint density at radius 2 is 1.93 bits per heavy atom. The normalized spacial score (nSPS) is 26.9. The number of imide groups is 1. The minimum absolute atomic E-state index is 0.0912. The molecule has 4 aliphatic rings. The van der Waals surface area contributed by atoms with Crippen molar-refractivity contribution in [2.45, 2.75) is 56.8 Å². The van der Waals surface area contributed by atoms with Crippen LogP contribution in [0.4, 0.5) is 0 Å². The number of piperidine rings is 2. The van der Waals surface area contributed by atoms with Crippen LogP contribution in [-0.4, -0.2) is 58.7 Å². The van der Waals surface area contributed by atoms with Crippen LogP contribution in [0, 0.1) is 0 Å². The second-order valence-electron chi connectivity index (χ2n) is 8.54. The van der Waals surface area contributed by atoms with Gasteiger partial charge in [-0.25, -0.2) is 0 Å². The molecule has 148 valence electrons. The molecule has 2 N–H and O–H groups in total. The Balaban J connectivity index is 1.31. The summed E-state index contributed by atoms with van der Waals surface area (Å²) in [6.07, 6.45) is 4.34. The number of amides is 3. The zero-order valence-electron chi connectivity index (χ0n) is 16.0. The predicted octanol–water partition coefficient (Wildman–Crippen LogP) is 0.776. The number of likely N-dealkylation sites (tertiary alicyclic amines) is 1. The van der Waals surface area contributed by atoms with Crippen LogP contribution in [0.1, 0.15) is 53.6 Å². The lowest BCUT2D eigenvalue weighted by Gasteiger charge is -2.55. The molecule has 7 nitrogen and oxygen atoms in total. The van der Waals surface area contributed by atoms with Gasteiger partial charge in [0.25, 0.3) is 5.91 Å². The zero-order valence-corrected chi connectivity index (χ0v) is 16.0. The molecule has 0 saturated carbocycles. The lowest BCUT2D eigenvalue weighted by Crippen LogP contribution is -2.63. The molecule has 7 heteroatoms. The fourth-order valence-electron chi connectivity index (χ4n) is 5.21. The number of nitrogens with zero attached hydrogens (tertiary/aromatic N) is 2. The molecule has 5 rings (SSSR count). The van der Waals surface area contributed by atoms with Gasteiger partial charge in [-0.1, -0.05) is 12.1 Å². The first-order valence-electron chi connectivity index (χ1n) is 10.3. The lowest BCUT2D eigenvalue weighted by atomic mass is 9.76. The van der Waals surface area contributed by atoms with E-state index in [2.05, 4.69) is 21.6 Å². The van der Waals surface area contributed by atoms with Crippen molar-refractivity contribution < 1.29 is 14.4 Å². The van der Waals surface area contributed by atoms with Gasteiger partial charge in [-0.2, -0.15) is 0 Å². The molecule has 3 fully saturated rings. The van der Waals surface area contributed by atoms with E-state index in [0.717, 1.165) is 37.3 Å². The third kappa shape index (κ3) is 2.84. The van der Waals surface area contributed by atoms with Gasteiger partial charge in [-0.05, 0) is 56.0 Å². The summed E-state index contributed by atoms with van der Waals surface area (Å²) in [6, 6.07) is 5.61. The van der Waals surface area contributed by atoms with E-state index in [0.29, 0.717) is 24.1 Å². The number of nitrogens with one attached hydrogen (secondary N) is 2. The van der Waals surface area contributed by atoms with Gasteiger partial charge in [0.1, 0.15) is 6.04 Å². The Morgan fingerprint density at radius 1 is 1.11 bits per heavy atom. The van der Waals surface area contributed by atoms with Crippen LogP contribution in [0.5, 0.6) is 0 Å². The minimum atomic E-state index is -0.547. The third-order valence-electron chi connectivity index (χ3n) is 7.02. The van der Waals surface area contributed by atoms with Gasteiger partial charge in [0.05, 0.1) is 0 Å². The molecule has 1 aromatic rings. The van der Waals surface area contributed by atoms with Crippen LogP contribution in [-0.2, 0) is 22.7 Å². The minimum Gasteiger partial charge on any atom is -0.322 e. The smallest absolute Gasteiger partial charge is 0.255 e. The van der Waals surface area contributed by atoms with Gasteiger partial charge in [0.15, 0.2) is 0 Å². The van der Waals surface area contributed by atoms with Crippen molar-refractivity contribution in [3.63, 3.8) is 0 Å². The van der Waals surface area contributed by atoms with Crippen molar-refractivity contribution in [1.29, 1.82) is 0 Å². The second-order valence-corrected chi connectivity index (χ2v) is 8.54. The molecule has 1 unspecified atom stereocenters. The molecule has 0 bridgehead atoms. The number of benzene rings is 1. The Labute approximate surface area is 164 Å². The van der Waals surface area contributed by atoms with Crippen LogP contribution >= 0.6 is 0 Å². The molecular weight excluding hydrogens is 356 g/mol. The molecule has 4 aliphatic heterocycles. The Bertz CT molecular complexity index is 846. The first-order valence-corrected chi connectivity index (χ1v) is 10.3. The van der Waals surface area contributed by atoms with Gasteiger partial charge in [-0.3, -0.25) is 24.6 Å².